The van der Waals surface area contributed by atoms with Crippen molar-refractivity contribution < 1.29 is 9.47 Å². The van der Waals surface area contributed by atoms with E-state index in [9.17, 15) is 0 Å². The minimum Gasteiger partial charge on any atom is -0.373 e. The van der Waals surface area contributed by atoms with Crippen molar-refractivity contribution in [1.29, 1.82) is 0 Å². The molecular weight excluding hydrogens is 178 g/mol. The quantitative estimate of drug-likeness (QED) is 0.687. The third-order valence-electron chi connectivity index (χ3n) is 2.86. The van der Waals surface area contributed by atoms with Crippen LogP contribution in [0, 0.1) is 0 Å². The molecule has 0 spiro atoms. The number of epoxide rings is 2. The SMILES string of the molecule is C1CCC(NC2CO2)CC1.CC1CO1. The van der Waals surface area contributed by atoms with Gasteiger partial charge in [0.15, 0.2) is 0 Å². The second-order valence-electron chi connectivity index (χ2n) is 4.47. The molecule has 82 valence electrons. The first kappa shape index (κ1) is 10.4. The Balaban J connectivity index is 0.000000157. The number of rotatable bonds is 2. The van der Waals surface area contributed by atoms with E-state index in [1.54, 1.807) is 0 Å². The van der Waals surface area contributed by atoms with E-state index in [2.05, 4.69) is 12.2 Å². The number of hydrogen-bond acceptors (Lipinski definition) is 3. The van der Waals surface area contributed by atoms with Crippen LogP contribution in [0.1, 0.15) is 39.0 Å². The molecule has 1 N–H and O–H groups in total. The van der Waals surface area contributed by atoms with Crippen LogP contribution < -0.4 is 5.32 Å². The molecule has 2 heterocycles. The van der Waals surface area contributed by atoms with Crippen LogP contribution in [0.2, 0.25) is 0 Å². The maximum absolute atomic E-state index is 5.10. The van der Waals surface area contributed by atoms with Gasteiger partial charge in [-0.2, -0.15) is 0 Å². The predicted octanol–water partition coefficient (Wildman–Crippen LogP) is 1.67. The van der Waals surface area contributed by atoms with Crippen molar-refractivity contribution in [2.45, 2.75) is 57.4 Å². The Morgan fingerprint density at radius 3 is 2.00 bits per heavy atom. The molecule has 1 saturated carbocycles. The molecule has 3 aliphatic rings. The van der Waals surface area contributed by atoms with Gasteiger partial charge in [-0.3, -0.25) is 5.32 Å². The van der Waals surface area contributed by atoms with Crippen molar-refractivity contribution in [3.05, 3.63) is 0 Å². The second kappa shape index (κ2) is 5.10. The van der Waals surface area contributed by atoms with E-state index in [-0.39, 0.29) is 0 Å². The fourth-order valence-corrected chi connectivity index (χ4v) is 1.77. The molecule has 2 aliphatic heterocycles. The van der Waals surface area contributed by atoms with Crippen molar-refractivity contribution in [1.82, 2.24) is 5.32 Å². The van der Waals surface area contributed by atoms with Crippen LogP contribution in [0.15, 0.2) is 0 Å². The first-order valence-corrected chi connectivity index (χ1v) is 5.84. The molecular formula is C11H21NO2. The molecule has 0 aromatic rings. The molecule has 3 nitrogen and oxygen atoms in total. The first-order chi connectivity index (χ1) is 6.84. The van der Waals surface area contributed by atoms with E-state index in [0.29, 0.717) is 12.3 Å². The van der Waals surface area contributed by atoms with E-state index in [1.807, 2.05) is 0 Å². The molecule has 2 unspecified atom stereocenters. The van der Waals surface area contributed by atoms with Gasteiger partial charge in [0.2, 0.25) is 0 Å². The van der Waals surface area contributed by atoms with E-state index < -0.39 is 0 Å². The van der Waals surface area contributed by atoms with Gasteiger partial charge < -0.3 is 9.47 Å². The standard InChI is InChI=1S/C8H15NO.C3H6O/c1-2-4-7(5-3-1)9-8-6-10-8;1-3-2-4-3/h7-9H,1-6H2;3H,2H2,1H3. The Morgan fingerprint density at radius 1 is 1.00 bits per heavy atom. The summed E-state index contributed by atoms with van der Waals surface area (Å²) in [5.41, 5.74) is 0. The Hall–Kier alpha value is -0.120. The van der Waals surface area contributed by atoms with Crippen molar-refractivity contribution in [3.63, 3.8) is 0 Å². The van der Waals surface area contributed by atoms with Gasteiger partial charge in [0, 0.05) is 6.04 Å². The highest BCUT2D eigenvalue weighted by Crippen LogP contribution is 2.19. The summed E-state index contributed by atoms with van der Waals surface area (Å²) in [6.07, 6.45) is 7.97. The van der Waals surface area contributed by atoms with Crippen LogP contribution in [-0.2, 0) is 9.47 Å². The normalized spacial score (nSPS) is 35.8. The van der Waals surface area contributed by atoms with Gasteiger partial charge in [0.25, 0.3) is 0 Å². The van der Waals surface area contributed by atoms with Gasteiger partial charge in [-0.05, 0) is 19.8 Å². The van der Waals surface area contributed by atoms with Crippen molar-refractivity contribution >= 4 is 0 Å². The van der Waals surface area contributed by atoms with Gasteiger partial charge in [0.05, 0.1) is 19.3 Å². The lowest BCUT2D eigenvalue weighted by Gasteiger charge is -2.21. The average molecular weight is 199 g/mol. The molecule has 14 heavy (non-hydrogen) atoms. The Bertz CT molecular complexity index is 161. The summed E-state index contributed by atoms with van der Waals surface area (Å²) in [5, 5.41) is 3.47. The van der Waals surface area contributed by atoms with Gasteiger partial charge in [-0.25, -0.2) is 0 Å². The van der Waals surface area contributed by atoms with Crippen LogP contribution in [-0.4, -0.2) is 31.6 Å². The van der Waals surface area contributed by atoms with Gasteiger partial charge in [-0.1, -0.05) is 19.3 Å². The van der Waals surface area contributed by atoms with E-state index >= 15 is 0 Å². The zero-order valence-electron chi connectivity index (χ0n) is 9.00. The minimum absolute atomic E-state index is 0.420. The first-order valence-electron chi connectivity index (χ1n) is 5.84. The summed E-state index contributed by atoms with van der Waals surface area (Å²) in [6.45, 7) is 3.98. The summed E-state index contributed by atoms with van der Waals surface area (Å²) in [6, 6.07) is 0.765. The van der Waals surface area contributed by atoms with E-state index in [1.165, 1.54) is 32.1 Å². The third-order valence-corrected chi connectivity index (χ3v) is 2.86. The highest BCUT2D eigenvalue weighted by molar-refractivity contribution is 4.77. The van der Waals surface area contributed by atoms with Crippen molar-refractivity contribution in [2.24, 2.45) is 0 Å². The zero-order chi connectivity index (χ0) is 9.80. The Labute approximate surface area is 86.2 Å². The fraction of sp³-hybridized carbons (Fsp3) is 1.00. The maximum atomic E-state index is 5.10. The van der Waals surface area contributed by atoms with E-state index in [0.717, 1.165) is 19.3 Å². The van der Waals surface area contributed by atoms with Gasteiger partial charge in [0.1, 0.15) is 6.23 Å². The lowest BCUT2D eigenvalue weighted by atomic mass is 9.96. The summed E-state index contributed by atoms with van der Waals surface area (Å²) in [4.78, 5) is 0. The number of hydrogen-bond donors (Lipinski definition) is 1. The van der Waals surface area contributed by atoms with Crippen LogP contribution >= 0.6 is 0 Å². The molecule has 0 aromatic carbocycles. The van der Waals surface area contributed by atoms with Crippen LogP contribution in [0.5, 0.6) is 0 Å². The lowest BCUT2D eigenvalue weighted by Crippen LogP contribution is -2.33. The van der Waals surface area contributed by atoms with Crippen molar-refractivity contribution in [2.75, 3.05) is 13.2 Å². The highest BCUT2D eigenvalue weighted by atomic mass is 16.6. The molecule has 2 atom stereocenters. The molecule has 2 saturated heterocycles. The molecule has 0 amide bonds. The molecule has 0 radical (unpaired) electrons. The van der Waals surface area contributed by atoms with Crippen LogP contribution in [0.3, 0.4) is 0 Å². The highest BCUT2D eigenvalue weighted by Gasteiger charge is 2.26. The van der Waals surface area contributed by atoms with Gasteiger partial charge in [-0.15, -0.1) is 0 Å². The smallest absolute Gasteiger partial charge is 0.132 e. The second-order valence-corrected chi connectivity index (χ2v) is 4.47. The summed E-state index contributed by atoms with van der Waals surface area (Å²) >= 11 is 0. The van der Waals surface area contributed by atoms with Crippen molar-refractivity contribution in [3.8, 4) is 0 Å². The predicted molar refractivity (Wildman–Crippen MR) is 55.2 cm³/mol. The molecule has 0 aromatic heterocycles. The molecule has 1 aliphatic carbocycles. The largest absolute Gasteiger partial charge is 0.373 e. The van der Waals surface area contributed by atoms with Crippen LogP contribution in [0.4, 0.5) is 0 Å². The summed E-state index contributed by atoms with van der Waals surface area (Å²) in [5.74, 6) is 0. The maximum Gasteiger partial charge on any atom is 0.132 e. The molecule has 3 heteroatoms. The Kier molecular flexibility index (Phi) is 3.79. The minimum atomic E-state index is 0.420. The number of ether oxygens (including phenoxy) is 2. The fourth-order valence-electron chi connectivity index (χ4n) is 1.77. The monoisotopic (exact) mass is 199 g/mol. The third kappa shape index (κ3) is 4.40. The molecule has 3 rings (SSSR count). The topological polar surface area (TPSA) is 37.1 Å². The van der Waals surface area contributed by atoms with Gasteiger partial charge >= 0.3 is 0 Å². The Morgan fingerprint density at radius 2 is 1.57 bits per heavy atom. The summed E-state index contributed by atoms with van der Waals surface area (Å²) in [7, 11) is 0. The molecule has 3 fully saturated rings. The number of nitrogens with one attached hydrogen (secondary N) is 1. The van der Waals surface area contributed by atoms with E-state index in [4.69, 9.17) is 9.47 Å². The lowest BCUT2D eigenvalue weighted by molar-refractivity contribution is 0.300. The zero-order valence-corrected chi connectivity index (χ0v) is 9.00. The molecule has 0 bridgehead atoms. The average Bonchev–Trinajstić information content (AvgIpc) is 3.07. The van der Waals surface area contributed by atoms with Crippen LogP contribution in [0.25, 0.3) is 0 Å². The summed E-state index contributed by atoms with van der Waals surface area (Å²) < 4.78 is 9.81.